The highest BCUT2D eigenvalue weighted by Crippen LogP contribution is 2.43. The van der Waals surface area contributed by atoms with Gasteiger partial charge >= 0.3 is 0 Å². The van der Waals surface area contributed by atoms with E-state index in [4.69, 9.17) is 9.47 Å². The number of ether oxygens (including phenoxy) is 2. The summed E-state index contributed by atoms with van der Waals surface area (Å²) in [5.74, 6) is 6.60. The zero-order valence-corrected chi connectivity index (χ0v) is 25.1. The van der Waals surface area contributed by atoms with Gasteiger partial charge in [-0.15, -0.1) is 0 Å². The molecule has 228 valence electrons. The van der Waals surface area contributed by atoms with E-state index in [9.17, 15) is 18.4 Å². The van der Waals surface area contributed by atoms with E-state index >= 15 is 0 Å². The lowest BCUT2D eigenvalue weighted by Gasteiger charge is -2.32. The van der Waals surface area contributed by atoms with Crippen molar-refractivity contribution in [2.24, 2.45) is 16.4 Å². The number of amidine groups is 1. The molecule has 0 radical (unpaired) electrons. The molecule has 5 heterocycles. The van der Waals surface area contributed by atoms with Crippen molar-refractivity contribution in [3.05, 3.63) is 35.8 Å². The van der Waals surface area contributed by atoms with Crippen molar-refractivity contribution in [3.63, 3.8) is 0 Å². The molecule has 13 heteroatoms. The number of thioether (sulfide) groups is 1. The highest BCUT2D eigenvalue weighted by Gasteiger charge is 2.45. The van der Waals surface area contributed by atoms with E-state index in [0.717, 1.165) is 25.7 Å². The molecule has 43 heavy (non-hydrogen) atoms. The molecule has 6 rings (SSSR count). The Morgan fingerprint density at radius 2 is 1.95 bits per heavy atom. The van der Waals surface area contributed by atoms with Crippen LogP contribution in [-0.4, -0.2) is 59.2 Å². The quantitative estimate of drug-likeness (QED) is 0.466. The largest absolute Gasteiger partial charge is 0.494 e. The lowest BCUT2D eigenvalue weighted by molar-refractivity contribution is -0.118. The number of alkyl halides is 2. The summed E-state index contributed by atoms with van der Waals surface area (Å²) in [6, 6.07) is 2.77. The molecule has 1 atom stereocenters. The summed E-state index contributed by atoms with van der Waals surface area (Å²) in [4.78, 5) is 36.5. The standard InChI is InChI=1S/C28H28F2N6O4S.C2H6/c1-39-21-14-31-20(25(29)30)10-18(21)17-11-22(36-15-28(12-24(36)37)6-8-40-9-7-28)32-13-19(17)26(38)33-27-35-34-23(41-27)5-4-16-2-3-16;1-2/h10-11,13-14,16,23,25,34H,2-3,6-9,12,15H2,1H3,(H,33,35,38);1-2H3. The number of hydrogen-bond donors (Lipinski definition) is 2. The predicted octanol–water partition coefficient (Wildman–Crippen LogP) is 4.73. The Morgan fingerprint density at radius 3 is 2.65 bits per heavy atom. The Balaban J connectivity index is 0.00000180. The van der Waals surface area contributed by atoms with Gasteiger partial charge in [0.25, 0.3) is 12.3 Å². The van der Waals surface area contributed by atoms with Gasteiger partial charge in [-0.2, -0.15) is 5.10 Å². The van der Waals surface area contributed by atoms with Crippen LogP contribution in [0.5, 0.6) is 5.75 Å². The van der Waals surface area contributed by atoms with Crippen molar-refractivity contribution in [2.45, 2.75) is 57.8 Å². The average molecular weight is 613 g/mol. The number of halogens is 2. The van der Waals surface area contributed by atoms with Gasteiger partial charge in [0.15, 0.2) is 10.5 Å². The molecule has 2 aromatic heterocycles. The van der Waals surface area contributed by atoms with Crippen LogP contribution in [0.4, 0.5) is 14.6 Å². The fourth-order valence-corrected chi connectivity index (χ4v) is 5.89. The van der Waals surface area contributed by atoms with Crippen LogP contribution in [0, 0.1) is 23.2 Å². The molecule has 3 fully saturated rings. The van der Waals surface area contributed by atoms with Crippen LogP contribution in [0.15, 0.2) is 29.6 Å². The van der Waals surface area contributed by atoms with Crippen LogP contribution < -0.4 is 20.4 Å². The molecule has 2 aromatic rings. The van der Waals surface area contributed by atoms with Gasteiger partial charge in [0.05, 0.1) is 18.9 Å². The third-order valence-electron chi connectivity index (χ3n) is 7.64. The van der Waals surface area contributed by atoms with Gasteiger partial charge in [-0.25, -0.2) is 13.8 Å². The van der Waals surface area contributed by atoms with Crippen LogP contribution in [0.1, 0.15) is 68.4 Å². The maximum absolute atomic E-state index is 13.7. The number of carbonyl (C=O) groups is 2. The van der Waals surface area contributed by atoms with Crippen molar-refractivity contribution >= 4 is 34.6 Å². The van der Waals surface area contributed by atoms with E-state index in [0.29, 0.717) is 43.1 Å². The summed E-state index contributed by atoms with van der Waals surface area (Å²) in [6.07, 6.45) is 3.81. The Labute approximate surface area is 253 Å². The van der Waals surface area contributed by atoms with Crippen LogP contribution in [-0.2, 0) is 9.53 Å². The summed E-state index contributed by atoms with van der Waals surface area (Å²) in [7, 11) is 1.39. The number of nitrogens with zero attached hydrogens (tertiary/aromatic N) is 4. The number of anilines is 1. The van der Waals surface area contributed by atoms with E-state index in [2.05, 4.69) is 37.7 Å². The van der Waals surface area contributed by atoms with Gasteiger partial charge in [0.2, 0.25) is 5.91 Å². The SMILES string of the molecule is CC.COc1cnc(C(F)F)cc1-c1cc(N2CC3(CCOCC3)CC2=O)ncc1C(=O)NC1=NNC(C#CC2CC2)S1. The Bertz CT molecular complexity index is 1470. The number of methoxy groups -OCH3 is 1. The lowest BCUT2D eigenvalue weighted by atomic mass is 9.79. The van der Waals surface area contributed by atoms with Gasteiger partial charge in [0, 0.05) is 54.8 Å². The maximum atomic E-state index is 13.7. The van der Waals surface area contributed by atoms with Gasteiger partial charge in [-0.05, 0) is 49.6 Å². The average Bonchev–Trinajstić information content (AvgIpc) is 3.67. The first-order valence-electron chi connectivity index (χ1n) is 14.4. The van der Waals surface area contributed by atoms with E-state index in [1.54, 1.807) is 11.0 Å². The van der Waals surface area contributed by atoms with E-state index in [-0.39, 0.29) is 39.1 Å². The second-order valence-corrected chi connectivity index (χ2v) is 11.6. The summed E-state index contributed by atoms with van der Waals surface area (Å²) in [5, 5.41) is 6.98. The second-order valence-electron chi connectivity index (χ2n) is 10.5. The number of hydrazone groups is 1. The minimum Gasteiger partial charge on any atom is -0.494 e. The molecule has 1 unspecified atom stereocenters. The number of carbonyl (C=O) groups excluding carboxylic acids is 2. The molecule has 2 amide bonds. The van der Waals surface area contributed by atoms with E-state index in [1.165, 1.54) is 37.3 Å². The molecule has 4 aliphatic rings. The molecule has 1 saturated carbocycles. The van der Waals surface area contributed by atoms with Crippen molar-refractivity contribution in [1.82, 2.24) is 20.7 Å². The zero-order chi connectivity index (χ0) is 30.6. The topological polar surface area (TPSA) is 118 Å². The number of hydrogen-bond acceptors (Lipinski definition) is 9. The van der Waals surface area contributed by atoms with Crippen molar-refractivity contribution in [3.8, 4) is 28.7 Å². The molecule has 3 aliphatic heterocycles. The zero-order valence-electron chi connectivity index (χ0n) is 24.3. The highest BCUT2D eigenvalue weighted by atomic mass is 32.2. The van der Waals surface area contributed by atoms with Crippen molar-refractivity contribution in [1.29, 1.82) is 0 Å². The molecule has 1 aliphatic carbocycles. The highest BCUT2D eigenvalue weighted by molar-refractivity contribution is 8.14. The Hall–Kier alpha value is -3.76. The molecule has 0 bridgehead atoms. The number of pyridine rings is 2. The van der Waals surface area contributed by atoms with Gasteiger partial charge < -0.3 is 9.47 Å². The molecule has 0 aromatic carbocycles. The fraction of sp³-hybridized carbons (Fsp3) is 0.500. The van der Waals surface area contributed by atoms with E-state index < -0.39 is 18.0 Å². The maximum Gasteiger partial charge on any atom is 0.280 e. The van der Waals surface area contributed by atoms with Crippen LogP contribution in [0.2, 0.25) is 0 Å². The summed E-state index contributed by atoms with van der Waals surface area (Å²) >= 11 is 1.27. The first kappa shape index (κ1) is 30.7. The summed E-state index contributed by atoms with van der Waals surface area (Å²) in [6.45, 7) is 5.64. The number of rotatable bonds is 5. The normalized spacial score (nSPS) is 20.5. The molecular formula is C30H34F2N6O4S. The minimum absolute atomic E-state index is 0.0846. The molecule has 1 spiro atoms. The third kappa shape index (κ3) is 6.91. The summed E-state index contributed by atoms with van der Waals surface area (Å²) < 4.78 is 38.3. The predicted molar refractivity (Wildman–Crippen MR) is 160 cm³/mol. The van der Waals surface area contributed by atoms with E-state index in [1.807, 2.05) is 13.8 Å². The second kappa shape index (κ2) is 13.3. The molecule has 2 N–H and O–H groups in total. The first-order chi connectivity index (χ1) is 20.8. The van der Waals surface area contributed by atoms with Gasteiger partial charge in [-0.3, -0.25) is 30.2 Å². The van der Waals surface area contributed by atoms with Gasteiger partial charge in [-0.1, -0.05) is 25.7 Å². The van der Waals surface area contributed by atoms with Crippen LogP contribution in [0.3, 0.4) is 0 Å². The third-order valence-corrected chi connectivity index (χ3v) is 8.51. The monoisotopic (exact) mass is 612 g/mol. The number of aromatic nitrogens is 2. The van der Waals surface area contributed by atoms with Crippen LogP contribution in [0.25, 0.3) is 11.1 Å². The molecule has 10 nitrogen and oxygen atoms in total. The van der Waals surface area contributed by atoms with Crippen molar-refractivity contribution < 1.29 is 27.8 Å². The smallest absolute Gasteiger partial charge is 0.280 e. The number of amides is 2. The molecular weight excluding hydrogens is 578 g/mol. The Kier molecular flexibility index (Phi) is 9.46. The summed E-state index contributed by atoms with van der Waals surface area (Å²) in [5.41, 5.74) is 2.82. The Morgan fingerprint density at radius 1 is 1.19 bits per heavy atom. The fourth-order valence-electron chi connectivity index (χ4n) is 5.18. The van der Waals surface area contributed by atoms with Crippen molar-refractivity contribution in [2.75, 3.05) is 31.8 Å². The molecule has 2 saturated heterocycles. The van der Waals surface area contributed by atoms with Crippen LogP contribution >= 0.6 is 11.8 Å². The number of nitrogens with one attached hydrogen (secondary N) is 2. The minimum atomic E-state index is -2.84. The van der Waals surface area contributed by atoms with Gasteiger partial charge in [0.1, 0.15) is 17.3 Å². The first-order valence-corrected chi connectivity index (χ1v) is 15.2. The lowest BCUT2D eigenvalue weighted by Crippen LogP contribution is -2.33.